The number of ether oxygens (including phenoxy) is 1. The van der Waals surface area contributed by atoms with Gasteiger partial charge in [0, 0.05) is 12.2 Å². The Hall–Kier alpha value is -1.09. The van der Waals surface area contributed by atoms with E-state index in [1.807, 2.05) is 13.0 Å². The van der Waals surface area contributed by atoms with E-state index in [9.17, 15) is 0 Å². The summed E-state index contributed by atoms with van der Waals surface area (Å²) in [4.78, 5) is 4.58. The third-order valence-electron chi connectivity index (χ3n) is 3.09. The van der Waals surface area contributed by atoms with Crippen LogP contribution in [0.3, 0.4) is 0 Å². The normalized spacial score (nSPS) is 15.1. The van der Waals surface area contributed by atoms with Gasteiger partial charge in [-0.3, -0.25) is 4.98 Å². The molecule has 100 valence electrons. The highest BCUT2D eigenvalue weighted by Crippen LogP contribution is 2.30. The number of rotatable bonds is 7. The maximum atomic E-state index is 5.87. The molecule has 3 heteroatoms. The standard InChI is InChI=1S/C15H24N2O/c1-11(2)8-16-9-14-15(7-4-12(3)17-14)18-10-13-5-6-13/h4,7,11,13,16H,5-6,8-10H2,1-3H3. The minimum Gasteiger partial charge on any atom is -0.491 e. The van der Waals surface area contributed by atoms with Crippen molar-refractivity contribution in [3.8, 4) is 5.75 Å². The molecular weight excluding hydrogens is 224 g/mol. The molecule has 1 aliphatic carbocycles. The third-order valence-corrected chi connectivity index (χ3v) is 3.09. The molecule has 1 fully saturated rings. The van der Waals surface area contributed by atoms with Crippen molar-refractivity contribution in [2.75, 3.05) is 13.2 Å². The summed E-state index contributed by atoms with van der Waals surface area (Å²) >= 11 is 0. The predicted octanol–water partition coefficient (Wildman–Crippen LogP) is 2.92. The zero-order valence-corrected chi connectivity index (χ0v) is 11.7. The Balaban J connectivity index is 1.93. The molecule has 1 aromatic heterocycles. The van der Waals surface area contributed by atoms with E-state index in [2.05, 4.69) is 30.2 Å². The van der Waals surface area contributed by atoms with Gasteiger partial charge in [0.2, 0.25) is 0 Å². The highest BCUT2D eigenvalue weighted by Gasteiger charge is 2.22. The molecular formula is C15H24N2O. The molecule has 0 aromatic carbocycles. The molecule has 1 saturated carbocycles. The minimum absolute atomic E-state index is 0.658. The zero-order valence-electron chi connectivity index (χ0n) is 11.7. The fourth-order valence-electron chi connectivity index (χ4n) is 1.83. The van der Waals surface area contributed by atoms with E-state index in [1.165, 1.54) is 12.8 Å². The number of pyridine rings is 1. The molecule has 0 spiro atoms. The molecule has 0 radical (unpaired) electrons. The first-order chi connectivity index (χ1) is 8.65. The lowest BCUT2D eigenvalue weighted by atomic mass is 10.2. The van der Waals surface area contributed by atoms with Crippen LogP contribution in [0.5, 0.6) is 5.75 Å². The maximum absolute atomic E-state index is 5.87. The van der Waals surface area contributed by atoms with Crippen LogP contribution in [0.25, 0.3) is 0 Å². The molecule has 0 saturated heterocycles. The molecule has 1 heterocycles. The van der Waals surface area contributed by atoms with Gasteiger partial charge in [-0.25, -0.2) is 0 Å². The Morgan fingerprint density at radius 2 is 2.17 bits per heavy atom. The average Bonchev–Trinajstić information content (AvgIpc) is 3.11. The lowest BCUT2D eigenvalue weighted by molar-refractivity contribution is 0.294. The predicted molar refractivity (Wildman–Crippen MR) is 73.7 cm³/mol. The van der Waals surface area contributed by atoms with Crippen LogP contribution in [0.4, 0.5) is 0 Å². The molecule has 1 aliphatic rings. The van der Waals surface area contributed by atoms with Crippen molar-refractivity contribution in [2.24, 2.45) is 11.8 Å². The topological polar surface area (TPSA) is 34.1 Å². The van der Waals surface area contributed by atoms with E-state index in [4.69, 9.17) is 4.74 Å². The fourth-order valence-corrected chi connectivity index (χ4v) is 1.83. The Labute approximate surface area is 110 Å². The Bertz CT molecular complexity index is 386. The number of aromatic nitrogens is 1. The van der Waals surface area contributed by atoms with E-state index in [-0.39, 0.29) is 0 Å². The lowest BCUT2D eigenvalue weighted by Gasteiger charge is -2.13. The fraction of sp³-hybridized carbons (Fsp3) is 0.667. The summed E-state index contributed by atoms with van der Waals surface area (Å²) in [5.41, 5.74) is 2.09. The first-order valence-corrected chi connectivity index (χ1v) is 6.95. The van der Waals surface area contributed by atoms with Crippen LogP contribution in [-0.4, -0.2) is 18.1 Å². The molecule has 3 nitrogen and oxygen atoms in total. The number of aryl methyl sites for hydroxylation is 1. The quantitative estimate of drug-likeness (QED) is 0.805. The van der Waals surface area contributed by atoms with Gasteiger partial charge >= 0.3 is 0 Å². The largest absolute Gasteiger partial charge is 0.491 e. The summed E-state index contributed by atoms with van der Waals surface area (Å²) in [5.74, 6) is 2.39. The lowest BCUT2D eigenvalue weighted by Crippen LogP contribution is -2.20. The molecule has 0 aliphatic heterocycles. The summed E-state index contributed by atoms with van der Waals surface area (Å²) < 4.78 is 5.87. The Morgan fingerprint density at radius 3 is 2.83 bits per heavy atom. The molecule has 1 N–H and O–H groups in total. The highest BCUT2D eigenvalue weighted by molar-refractivity contribution is 5.29. The second-order valence-electron chi connectivity index (χ2n) is 5.68. The molecule has 0 bridgehead atoms. The van der Waals surface area contributed by atoms with Crippen LogP contribution >= 0.6 is 0 Å². The highest BCUT2D eigenvalue weighted by atomic mass is 16.5. The van der Waals surface area contributed by atoms with Gasteiger partial charge in [-0.05, 0) is 50.3 Å². The van der Waals surface area contributed by atoms with Crippen LogP contribution in [0, 0.1) is 18.8 Å². The van der Waals surface area contributed by atoms with E-state index in [0.29, 0.717) is 5.92 Å². The molecule has 2 rings (SSSR count). The molecule has 1 aromatic rings. The first-order valence-electron chi connectivity index (χ1n) is 6.95. The van der Waals surface area contributed by atoms with Gasteiger partial charge in [-0.1, -0.05) is 13.8 Å². The summed E-state index contributed by atoms with van der Waals surface area (Å²) in [7, 11) is 0. The Morgan fingerprint density at radius 1 is 1.39 bits per heavy atom. The smallest absolute Gasteiger partial charge is 0.142 e. The molecule has 0 unspecified atom stereocenters. The van der Waals surface area contributed by atoms with Gasteiger partial charge in [0.25, 0.3) is 0 Å². The van der Waals surface area contributed by atoms with Gasteiger partial charge < -0.3 is 10.1 Å². The number of hydrogen-bond donors (Lipinski definition) is 1. The van der Waals surface area contributed by atoms with E-state index < -0.39 is 0 Å². The van der Waals surface area contributed by atoms with E-state index in [0.717, 1.165) is 42.8 Å². The molecule has 18 heavy (non-hydrogen) atoms. The summed E-state index contributed by atoms with van der Waals surface area (Å²) in [6, 6.07) is 4.07. The van der Waals surface area contributed by atoms with E-state index in [1.54, 1.807) is 0 Å². The Kier molecular flexibility index (Phi) is 4.59. The first kappa shape index (κ1) is 13.3. The van der Waals surface area contributed by atoms with Crippen molar-refractivity contribution >= 4 is 0 Å². The summed E-state index contributed by atoms with van der Waals surface area (Å²) in [6.07, 6.45) is 2.64. The zero-order chi connectivity index (χ0) is 13.0. The number of nitrogens with one attached hydrogen (secondary N) is 1. The van der Waals surface area contributed by atoms with Crippen molar-refractivity contribution < 1.29 is 4.74 Å². The van der Waals surface area contributed by atoms with Crippen LogP contribution in [0.15, 0.2) is 12.1 Å². The summed E-state index contributed by atoms with van der Waals surface area (Å²) in [6.45, 7) is 9.10. The van der Waals surface area contributed by atoms with Crippen LogP contribution in [0.2, 0.25) is 0 Å². The van der Waals surface area contributed by atoms with Gasteiger partial charge in [-0.15, -0.1) is 0 Å². The maximum Gasteiger partial charge on any atom is 0.142 e. The van der Waals surface area contributed by atoms with Gasteiger partial charge in [0.1, 0.15) is 5.75 Å². The van der Waals surface area contributed by atoms with Gasteiger partial charge in [0.15, 0.2) is 0 Å². The van der Waals surface area contributed by atoms with Crippen molar-refractivity contribution in [3.63, 3.8) is 0 Å². The monoisotopic (exact) mass is 248 g/mol. The molecule has 0 amide bonds. The SMILES string of the molecule is Cc1ccc(OCC2CC2)c(CNCC(C)C)n1. The number of hydrogen-bond acceptors (Lipinski definition) is 3. The van der Waals surface area contributed by atoms with Crippen LogP contribution < -0.4 is 10.1 Å². The van der Waals surface area contributed by atoms with Crippen molar-refractivity contribution in [3.05, 3.63) is 23.5 Å². The molecule has 0 atom stereocenters. The van der Waals surface area contributed by atoms with Crippen LogP contribution in [-0.2, 0) is 6.54 Å². The van der Waals surface area contributed by atoms with Crippen LogP contribution in [0.1, 0.15) is 38.1 Å². The second kappa shape index (κ2) is 6.19. The van der Waals surface area contributed by atoms with Crippen molar-refractivity contribution in [1.82, 2.24) is 10.3 Å². The third kappa shape index (κ3) is 4.30. The average molecular weight is 248 g/mol. The summed E-state index contributed by atoms with van der Waals surface area (Å²) in [5, 5.41) is 3.43. The second-order valence-corrected chi connectivity index (χ2v) is 5.68. The van der Waals surface area contributed by atoms with Crippen molar-refractivity contribution in [1.29, 1.82) is 0 Å². The van der Waals surface area contributed by atoms with Gasteiger partial charge in [0.05, 0.1) is 12.3 Å². The minimum atomic E-state index is 0.658. The number of nitrogens with zero attached hydrogens (tertiary/aromatic N) is 1. The van der Waals surface area contributed by atoms with Gasteiger partial charge in [-0.2, -0.15) is 0 Å². The van der Waals surface area contributed by atoms with E-state index >= 15 is 0 Å². The van der Waals surface area contributed by atoms with Crippen molar-refractivity contribution in [2.45, 2.75) is 40.2 Å².